The number of carboxylic acid groups (broad SMARTS) is 1. The summed E-state index contributed by atoms with van der Waals surface area (Å²) in [6.07, 6.45) is 0.670. The molecule has 0 saturated heterocycles. The van der Waals surface area contributed by atoms with Crippen LogP contribution in [-0.4, -0.2) is 54.6 Å². The van der Waals surface area contributed by atoms with Gasteiger partial charge in [-0.1, -0.05) is 0 Å². The highest BCUT2D eigenvalue weighted by Gasteiger charge is 2.09. The highest BCUT2D eigenvalue weighted by atomic mass is 16.5. The molecule has 19 heavy (non-hydrogen) atoms. The maximum Gasteiger partial charge on any atom is 0.354 e. The van der Waals surface area contributed by atoms with E-state index in [4.69, 9.17) is 19.3 Å². The largest absolute Gasteiger partial charge is 0.477 e. The van der Waals surface area contributed by atoms with E-state index in [1.807, 2.05) is 0 Å². The number of aromatic nitrogens is 2. The first-order chi connectivity index (χ1) is 9.13. The van der Waals surface area contributed by atoms with Crippen molar-refractivity contribution in [2.75, 3.05) is 33.5 Å². The number of methoxy groups -OCH3 is 1. The molecule has 0 aliphatic rings. The lowest BCUT2D eigenvalue weighted by Gasteiger charge is -2.06. The van der Waals surface area contributed by atoms with Gasteiger partial charge in [-0.25, -0.2) is 9.78 Å². The number of aromatic carboxylic acids is 1. The highest BCUT2D eigenvalue weighted by molar-refractivity contribution is 5.85. The van der Waals surface area contributed by atoms with E-state index < -0.39 is 5.97 Å². The van der Waals surface area contributed by atoms with Gasteiger partial charge in [0.15, 0.2) is 5.69 Å². The van der Waals surface area contributed by atoms with Crippen molar-refractivity contribution in [3.05, 3.63) is 17.5 Å². The topological polar surface area (TPSA) is 90.8 Å². The molecule has 7 heteroatoms. The van der Waals surface area contributed by atoms with Crippen LogP contribution in [0.25, 0.3) is 0 Å². The number of aryl methyl sites for hydroxylation is 1. The van der Waals surface area contributed by atoms with Crippen molar-refractivity contribution in [2.45, 2.75) is 13.3 Å². The summed E-state index contributed by atoms with van der Waals surface area (Å²) in [4.78, 5) is 18.6. The van der Waals surface area contributed by atoms with Crippen LogP contribution >= 0.6 is 0 Å². The maximum atomic E-state index is 10.8. The molecule has 7 nitrogen and oxygen atoms in total. The molecular weight excluding hydrogens is 252 g/mol. The summed E-state index contributed by atoms with van der Waals surface area (Å²) >= 11 is 0. The van der Waals surface area contributed by atoms with E-state index in [9.17, 15) is 4.79 Å². The second-order valence-electron chi connectivity index (χ2n) is 3.79. The molecule has 1 aromatic rings. The smallest absolute Gasteiger partial charge is 0.354 e. The lowest BCUT2D eigenvalue weighted by molar-refractivity contribution is 0.0636. The van der Waals surface area contributed by atoms with Crippen LogP contribution in [0.5, 0.6) is 6.01 Å². The number of nitrogens with zero attached hydrogens (tertiary/aromatic N) is 2. The van der Waals surface area contributed by atoms with Crippen molar-refractivity contribution in [1.82, 2.24) is 9.97 Å². The molecule has 0 bridgehead atoms. The van der Waals surface area contributed by atoms with Crippen molar-refractivity contribution in [3.63, 3.8) is 0 Å². The normalized spacial score (nSPS) is 10.4. The number of carboxylic acids is 1. The van der Waals surface area contributed by atoms with Gasteiger partial charge in [0.2, 0.25) is 0 Å². The Morgan fingerprint density at radius 1 is 1.26 bits per heavy atom. The molecule has 0 radical (unpaired) electrons. The molecule has 0 spiro atoms. The van der Waals surface area contributed by atoms with Crippen LogP contribution in [0.3, 0.4) is 0 Å². The van der Waals surface area contributed by atoms with Crippen LogP contribution < -0.4 is 4.74 Å². The molecule has 0 unspecified atom stereocenters. The van der Waals surface area contributed by atoms with E-state index in [0.717, 1.165) is 0 Å². The molecule has 1 aromatic heterocycles. The first kappa shape index (κ1) is 15.3. The molecule has 1 heterocycles. The molecular formula is C12H18N2O5. The summed E-state index contributed by atoms with van der Waals surface area (Å²) in [5.74, 6) is -1.10. The molecule has 1 rings (SSSR count). The van der Waals surface area contributed by atoms with E-state index in [2.05, 4.69) is 9.97 Å². The first-order valence-corrected chi connectivity index (χ1v) is 5.92. The number of hydrogen-bond acceptors (Lipinski definition) is 6. The summed E-state index contributed by atoms with van der Waals surface area (Å²) < 4.78 is 15.4. The first-order valence-electron chi connectivity index (χ1n) is 5.92. The van der Waals surface area contributed by atoms with E-state index in [0.29, 0.717) is 38.5 Å². The highest BCUT2D eigenvalue weighted by Crippen LogP contribution is 2.07. The van der Waals surface area contributed by atoms with Crippen molar-refractivity contribution in [3.8, 4) is 6.01 Å². The summed E-state index contributed by atoms with van der Waals surface area (Å²) in [7, 11) is 1.61. The van der Waals surface area contributed by atoms with Gasteiger partial charge >= 0.3 is 12.0 Å². The quantitative estimate of drug-likeness (QED) is 0.667. The van der Waals surface area contributed by atoms with Gasteiger partial charge in [0.1, 0.15) is 0 Å². The Kier molecular flexibility index (Phi) is 6.76. The van der Waals surface area contributed by atoms with Gasteiger partial charge in [-0.05, 0) is 13.0 Å². The van der Waals surface area contributed by atoms with E-state index >= 15 is 0 Å². The second-order valence-corrected chi connectivity index (χ2v) is 3.79. The zero-order chi connectivity index (χ0) is 14.1. The Morgan fingerprint density at radius 2 is 2.05 bits per heavy atom. The summed E-state index contributed by atoms with van der Waals surface area (Å²) in [6.45, 7) is 3.70. The van der Waals surface area contributed by atoms with Crippen molar-refractivity contribution >= 4 is 5.97 Å². The minimum Gasteiger partial charge on any atom is -0.477 e. The van der Waals surface area contributed by atoms with Gasteiger partial charge in [-0.2, -0.15) is 4.98 Å². The minimum atomic E-state index is -1.10. The van der Waals surface area contributed by atoms with Crippen molar-refractivity contribution in [1.29, 1.82) is 0 Å². The molecule has 1 N–H and O–H groups in total. The Hall–Kier alpha value is -1.73. The van der Waals surface area contributed by atoms with Crippen LogP contribution in [0.4, 0.5) is 0 Å². The average Bonchev–Trinajstić information content (AvgIpc) is 2.37. The standard InChI is InChI=1S/C12H18N2O5/c1-9-8-10(11(15)16)14-12(13-9)19-5-3-4-18-7-6-17-2/h8H,3-7H2,1-2H3,(H,15,16). The molecule has 0 aliphatic heterocycles. The maximum absolute atomic E-state index is 10.8. The molecule has 0 aromatic carbocycles. The minimum absolute atomic E-state index is 0.0705. The summed E-state index contributed by atoms with van der Waals surface area (Å²) in [6, 6.07) is 1.47. The summed E-state index contributed by atoms with van der Waals surface area (Å²) in [5.41, 5.74) is 0.484. The van der Waals surface area contributed by atoms with Crippen LogP contribution in [0.15, 0.2) is 6.07 Å². The van der Waals surface area contributed by atoms with Gasteiger partial charge in [0.25, 0.3) is 0 Å². The number of carbonyl (C=O) groups is 1. The van der Waals surface area contributed by atoms with Gasteiger partial charge < -0.3 is 19.3 Å². The Bertz CT molecular complexity index is 411. The van der Waals surface area contributed by atoms with Gasteiger partial charge in [-0.15, -0.1) is 0 Å². The predicted molar refractivity (Wildman–Crippen MR) is 66.5 cm³/mol. The molecule has 106 valence electrons. The van der Waals surface area contributed by atoms with Crippen LogP contribution in [-0.2, 0) is 9.47 Å². The predicted octanol–water partition coefficient (Wildman–Crippen LogP) is 0.915. The van der Waals surface area contributed by atoms with E-state index in [1.54, 1.807) is 14.0 Å². The number of hydrogen-bond donors (Lipinski definition) is 1. The SMILES string of the molecule is COCCOCCCOc1nc(C)cc(C(=O)O)n1. The Labute approximate surface area is 111 Å². The van der Waals surface area contributed by atoms with Gasteiger partial charge in [-0.3, -0.25) is 0 Å². The van der Waals surface area contributed by atoms with Gasteiger partial charge in [0.05, 0.1) is 19.8 Å². The fourth-order valence-corrected chi connectivity index (χ4v) is 1.28. The lowest BCUT2D eigenvalue weighted by Crippen LogP contribution is -2.10. The third kappa shape index (κ3) is 6.12. The zero-order valence-electron chi connectivity index (χ0n) is 11.1. The second kappa shape index (κ2) is 8.39. The van der Waals surface area contributed by atoms with Crippen molar-refractivity contribution < 1.29 is 24.1 Å². The fraction of sp³-hybridized carbons (Fsp3) is 0.583. The van der Waals surface area contributed by atoms with Crippen LogP contribution in [0.2, 0.25) is 0 Å². The molecule has 0 amide bonds. The van der Waals surface area contributed by atoms with Crippen molar-refractivity contribution in [2.24, 2.45) is 0 Å². The molecule has 0 aliphatic carbocycles. The van der Waals surface area contributed by atoms with Crippen LogP contribution in [0.1, 0.15) is 22.6 Å². The number of ether oxygens (including phenoxy) is 3. The monoisotopic (exact) mass is 270 g/mol. The fourth-order valence-electron chi connectivity index (χ4n) is 1.28. The van der Waals surface area contributed by atoms with E-state index in [1.165, 1.54) is 6.07 Å². The summed E-state index contributed by atoms with van der Waals surface area (Å²) in [5, 5.41) is 8.85. The van der Waals surface area contributed by atoms with Gasteiger partial charge in [0, 0.05) is 25.8 Å². The average molecular weight is 270 g/mol. The molecule has 0 fully saturated rings. The third-order valence-electron chi connectivity index (χ3n) is 2.15. The zero-order valence-corrected chi connectivity index (χ0v) is 11.1. The lowest BCUT2D eigenvalue weighted by atomic mass is 10.3. The molecule has 0 saturated carbocycles. The van der Waals surface area contributed by atoms with E-state index in [-0.39, 0.29) is 11.7 Å². The third-order valence-corrected chi connectivity index (χ3v) is 2.15. The number of rotatable bonds is 9. The molecule has 0 atom stereocenters. The van der Waals surface area contributed by atoms with Crippen LogP contribution in [0, 0.1) is 6.92 Å². The Balaban J connectivity index is 2.31. The Morgan fingerprint density at radius 3 is 2.74 bits per heavy atom.